The van der Waals surface area contributed by atoms with Gasteiger partial charge in [0.25, 0.3) is 5.91 Å². The normalized spacial score (nSPS) is 11.0. The van der Waals surface area contributed by atoms with Crippen molar-refractivity contribution in [3.8, 4) is 6.07 Å². The minimum atomic E-state index is -0.652. The van der Waals surface area contributed by atoms with Crippen LogP contribution in [0, 0.1) is 17.1 Å². The first-order chi connectivity index (χ1) is 10.9. The van der Waals surface area contributed by atoms with Gasteiger partial charge in [-0.25, -0.2) is 4.39 Å². The highest BCUT2D eigenvalue weighted by Gasteiger charge is 2.12. The van der Waals surface area contributed by atoms with Gasteiger partial charge in [-0.2, -0.15) is 5.26 Å². The summed E-state index contributed by atoms with van der Waals surface area (Å²) in [5, 5.41) is 12.4. The monoisotopic (exact) mass is 368 g/mol. The molecular formula is C16H8Cl3FN2O. The molecule has 0 saturated heterocycles. The first-order valence-corrected chi connectivity index (χ1v) is 7.37. The number of hydrogen-bond acceptors (Lipinski definition) is 2. The van der Waals surface area contributed by atoms with Gasteiger partial charge in [-0.05, 0) is 48.0 Å². The van der Waals surface area contributed by atoms with E-state index in [0.717, 1.165) is 0 Å². The van der Waals surface area contributed by atoms with E-state index >= 15 is 0 Å². The second-order valence-electron chi connectivity index (χ2n) is 4.42. The van der Waals surface area contributed by atoms with Crippen molar-refractivity contribution >= 4 is 52.5 Å². The molecule has 0 atom stereocenters. The molecule has 116 valence electrons. The highest BCUT2D eigenvalue weighted by atomic mass is 35.5. The van der Waals surface area contributed by atoms with Gasteiger partial charge >= 0.3 is 0 Å². The maximum absolute atomic E-state index is 12.8. The van der Waals surface area contributed by atoms with Crippen LogP contribution in [0.3, 0.4) is 0 Å². The van der Waals surface area contributed by atoms with Gasteiger partial charge in [-0.1, -0.05) is 34.8 Å². The molecule has 1 N–H and O–H groups in total. The van der Waals surface area contributed by atoms with Crippen LogP contribution in [0.25, 0.3) is 6.08 Å². The SMILES string of the molecule is N#C/C(=C/c1cc(Cl)c(Cl)cc1Cl)C(=O)Nc1ccc(F)cc1. The van der Waals surface area contributed by atoms with Crippen molar-refractivity contribution in [2.24, 2.45) is 0 Å². The molecule has 0 unspecified atom stereocenters. The lowest BCUT2D eigenvalue weighted by Gasteiger charge is -2.05. The molecule has 0 heterocycles. The Morgan fingerprint density at radius 3 is 2.30 bits per heavy atom. The number of carbonyl (C=O) groups excluding carboxylic acids is 1. The molecule has 0 aliphatic rings. The topological polar surface area (TPSA) is 52.9 Å². The average Bonchev–Trinajstić information content (AvgIpc) is 2.51. The minimum Gasteiger partial charge on any atom is -0.321 e. The number of rotatable bonds is 3. The molecule has 0 aliphatic carbocycles. The molecule has 23 heavy (non-hydrogen) atoms. The number of hydrogen-bond donors (Lipinski definition) is 1. The number of nitriles is 1. The molecule has 2 aromatic rings. The van der Waals surface area contributed by atoms with E-state index in [4.69, 9.17) is 40.1 Å². The highest BCUT2D eigenvalue weighted by Crippen LogP contribution is 2.30. The fourth-order valence-corrected chi connectivity index (χ4v) is 2.29. The maximum atomic E-state index is 12.8. The fraction of sp³-hybridized carbons (Fsp3) is 0. The van der Waals surface area contributed by atoms with E-state index in [1.807, 2.05) is 0 Å². The third-order valence-electron chi connectivity index (χ3n) is 2.81. The van der Waals surface area contributed by atoms with Crippen LogP contribution < -0.4 is 5.32 Å². The highest BCUT2D eigenvalue weighted by molar-refractivity contribution is 6.43. The zero-order valence-corrected chi connectivity index (χ0v) is 13.7. The van der Waals surface area contributed by atoms with Crippen molar-refractivity contribution < 1.29 is 9.18 Å². The summed E-state index contributed by atoms with van der Waals surface area (Å²) in [7, 11) is 0. The second kappa shape index (κ2) is 7.47. The van der Waals surface area contributed by atoms with Crippen LogP contribution in [0.2, 0.25) is 15.1 Å². The Bertz CT molecular complexity index is 826. The summed E-state index contributed by atoms with van der Waals surface area (Å²) in [6.07, 6.45) is 1.30. The average molecular weight is 370 g/mol. The van der Waals surface area contributed by atoms with Gasteiger partial charge in [0.2, 0.25) is 0 Å². The van der Waals surface area contributed by atoms with Crippen LogP contribution >= 0.6 is 34.8 Å². The molecule has 0 radical (unpaired) electrons. The van der Waals surface area contributed by atoms with Crippen LogP contribution in [-0.4, -0.2) is 5.91 Å². The Kier molecular flexibility index (Phi) is 5.62. The smallest absolute Gasteiger partial charge is 0.266 e. The third-order valence-corrected chi connectivity index (χ3v) is 3.86. The number of benzene rings is 2. The van der Waals surface area contributed by atoms with Crippen LogP contribution in [0.1, 0.15) is 5.56 Å². The van der Waals surface area contributed by atoms with E-state index in [1.54, 1.807) is 6.07 Å². The van der Waals surface area contributed by atoms with Gasteiger partial charge in [0.05, 0.1) is 10.0 Å². The van der Waals surface area contributed by atoms with Crippen molar-refractivity contribution in [2.75, 3.05) is 5.32 Å². The Morgan fingerprint density at radius 2 is 1.70 bits per heavy atom. The number of carbonyl (C=O) groups is 1. The van der Waals surface area contributed by atoms with Crippen LogP contribution in [0.5, 0.6) is 0 Å². The van der Waals surface area contributed by atoms with Crippen molar-refractivity contribution in [1.29, 1.82) is 5.26 Å². The first-order valence-electron chi connectivity index (χ1n) is 6.24. The fourth-order valence-electron chi connectivity index (χ4n) is 1.68. The second-order valence-corrected chi connectivity index (χ2v) is 5.64. The zero-order valence-electron chi connectivity index (χ0n) is 11.4. The van der Waals surface area contributed by atoms with Gasteiger partial charge < -0.3 is 5.32 Å². The molecule has 3 nitrogen and oxygen atoms in total. The maximum Gasteiger partial charge on any atom is 0.266 e. The zero-order chi connectivity index (χ0) is 17.0. The van der Waals surface area contributed by atoms with Crippen LogP contribution in [0.4, 0.5) is 10.1 Å². The number of nitrogens with one attached hydrogen (secondary N) is 1. The summed E-state index contributed by atoms with van der Waals surface area (Å²) in [5.74, 6) is -1.08. The Balaban J connectivity index is 2.28. The lowest BCUT2D eigenvalue weighted by molar-refractivity contribution is -0.112. The summed E-state index contributed by atoms with van der Waals surface area (Å²) >= 11 is 17.7. The molecule has 0 fully saturated rings. The number of halogens is 4. The summed E-state index contributed by atoms with van der Waals surface area (Å²) in [6, 6.07) is 9.82. The molecule has 0 bridgehead atoms. The van der Waals surface area contributed by atoms with Gasteiger partial charge in [0.15, 0.2) is 0 Å². The van der Waals surface area contributed by atoms with Crippen molar-refractivity contribution in [2.45, 2.75) is 0 Å². The number of nitrogens with zero attached hydrogens (tertiary/aromatic N) is 1. The van der Waals surface area contributed by atoms with E-state index in [2.05, 4.69) is 5.32 Å². The molecular weight excluding hydrogens is 362 g/mol. The molecule has 7 heteroatoms. The molecule has 0 saturated carbocycles. The quantitative estimate of drug-likeness (QED) is 0.451. The predicted molar refractivity (Wildman–Crippen MR) is 90.1 cm³/mol. The largest absolute Gasteiger partial charge is 0.321 e. The lowest BCUT2D eigenvalue weighted by atomic mass is 10.1. The lowest BCUT2D eigenvalue weighted by Crippen LogP contribution is -2.13. The summed E-state index contributed by atoms with van der Waals surface area (Å²) in [4.78, 5) is 12.1. The van der Waals surface area contributed by atoms with E-state index < -0.39 is 11.7 Å². The van der Waals surface area contributed by atoms with E-state index in [1.165, 1.54) is 42.5 Å². The van der Waals surface area contributed by atoms with Gasteiger partial charge in [0, 0.05) is 10.7 Å². The van der Waals surface area contributed by atoms with Crippen LogP contribution in [-0.2, 0) is 4.79 Å². The van der Waals surface area contributed by atoms with E-state index in [9.17, 15) is 9.18 Å². The minimum absolute atomic E-state index is 0.186. The van der Waals surface area contributed by atoms with Gasteiger partial charge in [-0.3, -0.25) is 4.79 Å². The Morgan fingerprint density at radius 1 is 1.09 bits per heavy atom. The summed E-state index contributed by atoms with van der Waals surface area (Å²) < 4.78 is 12.8. The van der Waals surface area contributed by atoms with Crippen molar-refractivity contribution in [3.05, 3.63) is 68.4 Å². The molecule has 2 rings (SSSR count). The molecule has 0 aromatic heterocycles. The standard InChI is InChI=1S/C16H8Cl3FN2O/c17-13-7-15(19)14(18)6-9(13)5-10(8-21)16(23)22-12-3-1-11(20)2-4-12/h1-7H,(H,22,23)/b10-5-. The Labute approximate surface area is 146 Å². The van der Waals surface area contributed by atoms with Gasteiger partial charge in [0.1, 0.15) is 17.5 Å². The Hall–Kier alpha value is -2.06. The van der Waals surface area contributed by atoms with Gasteiger partial charge in [-0.15, -0.1) is 0 Å². The molecule has 0 spiro atoms. The number of amides is 1. The number of anilines is 1. The molecule has 2 aromatic carbocycles. The van der Waals surface area contributed by atoms with E-state index in [-0.39, 0.29) is 20.6 Å². The summed E-state index contributed by atoms with van der Waals surface area (Å²) in [5.41, 5.74) is 0.555. The molecule has 0 aliphatic heterocycles. The van der Waals surface area contributed by atoms with Crippen LogP contribution in [0.15, 0.2) is 42.0 Å². The van der Waals surface area contributed by atoms with Crippen molar-refractivity contribution in [3.63, 3.8) is 0 Å². The predicted octanol–water partition coefficient (Wildman–Crippen LogP) is 5.33. The first kappa shape index (κ1) is 17.3. The molecule has 1 amide bonds. The third kappa shape index (κ3) is 4.46. The van der Waals surface area contributed by atoms with E-state index in [0.29, 0.717) is 11.3 Å². The van der Waals surface area contributed by atoms with Crippen molar-refractivity contribution in [1.82, 2.24) is 0 Å². The summed E-state index contributed by atoms with van der Waals surface area (Å²) in [6.45, 7) is 0.